The van der Waals surface area contributed by atoms with Gasteiger partial charge < -0.3 is 15.2 Å². The van der Waals surface area contributed by atoms with Gasteiger partial charge in [0.25, 0.3) is 0 Å². The van der Waals surface area contributed by atoms with E-state index >= 15 is 0 Å². The minimum atomic E-state index is -0.895. The number of hydrogen-bond donors (Lipinski definition) is 2. The van der Waals surface area contributed by atoms with Gasteiger partial charge in [-0.2, -0.15) is 0 Å². The molecule has 112 valence electrons. The molecule has 1 rings (SSSR count). The van der Waals surface area contributed by atoms with E-state index in [9.17, 15) is 4.79 Å². The summed E-state index contributed by atoms with van der Waals surface area (Å²) in [4.78, 5) is 11.0. The van der Waals surface area contributed by atoms with Crippen molar-refractivity contribution < 1.29 is 14.6 Å². The molecular formula is C15H22BrNO3. The third kappa shape index (κ3) is 5.13. The Morgan fingerprint density at radius 3 is 2.75 bits per heavy atom. The summed E-state index contributed by atoms with van der Waals surface area (Å²) in [5, 5.41) is 12.4. The van der Waals surface area contributed by atoms with Gasteiger partial charge in [-0.1, -0.05) is 22.9 Å². The minimum absolute atomic E-state index is 0.145. The maximum absolute atomic E-state index is 11.0. The fourth-order valence-electron chi connectivity index (χ4n) is 1.50. The first kappa shape index (κ1) is 17.0. The molecule has 4 nitrogen and oxygen atoms in total. The number of carboxylic acid groups (broad SMARTS) is 1. The van der Waals surface area contributed by atoms with E-state index in [0.29, 0.717) is 5.75 Å². The average Bonchev–Trinajstić information content (AvgIpc) is 2.39. The molecule has 0 radical (unpaired) electrons. The summed E-state index contributed by atoms with van der Waals surface area (Å²) in [6, 6.07) is 5.70. The molecule has 5 heteroatoms. The van der Waals surface area contributed by atoms with Gasteiger partial charge in [-0.05, 0) is 50.6 Å². The van der Waals surface area contributed by atoms with Crippen LogP contribution in [0.2, 0.25) is 0 Å². The molecule has 0 unspecified atom stereocenters. The lowest BCUT2D eigenvalue weighted by Gasteiger charge is -2.20. The van der Waals surface area contributed by atoms with E-state index in [1.807, 2.05) is 18.2 Å². The number of carboxylic acids is 1. The van der Waals surface area contributed by atoms with E-state index in [-0.39, 0.29) is 6.61 Å². The summed E-state index contributed by atoms with van der Waals surface area (Å²) < 4.78 is 6.62. The van der Waals surface area contributed by atoms with Crippen LogP contribution in [0.15, 0.2) is 22.7 Å². The number of carbonyl (C=O) groups is 1. The second kappa shape index (κ2) is 7.64. The molecule has 0 bridgehead atoms. The molecule has 0 aliphatic heterocycles. The van der Waals surface area contributed by atoms with Crippen LogP contribution in [0, 0.1) is 5.41 Å². The maximum atomic E-state index is 11.0. The molecule has 0 amide bonds. The van der Waals surface area contributed by atoms with Crippen LogP contribution >= 0.6 is 15.9 Å². The Bertz CT molecular complexity index is 460. The number of aliphatic carboxylic acids is 1. The Balaban J connectivity index is 2.67. The quantitative estimate of drug-likeness (QED) is 0.710. The number of nitrogens with one attached hydrogen (secondary N) is 1. The molecule has 0 spiro atoms. The second-order valence-corrected chi connectivity index (χ2v) is 6.26. The van der Waals surface area contributed by atoms with Crippen molar-refractivity contribution in [3.8, 4) is 5.75 Å². The molecule has 1 aromatic rings. The molecule has 0 heterocycles. The van der Waals surface area contributed by atoms with Crippen LogP contribution in [0.4, 0.5) is 0 Å². The van der Waals surface area contributed by atoms with Crippen LogP contribution < -0.4 is 10.1 Å². The van der Waals surface area contributed by atoms with Crippen LogP contribution in [0.5, 0.6) is 5.75 Å². The number of ether oxygens (including phenoxy) is 1. The van der Waals surface area contributed by atoms with Crippen molar-refractivity contribution >= 4 is 21.9 Å². The lowest BCUT2D eigenvalue weighted by atomic mass is 9.95. The predicted molar refractivity (Wildman–Crippen MR) is 83.1 cm³/mol. The lowest BCUT2D eigenvalue weighted by molar-refractivity contribution is -0.148. The molecule has 1 aromatic carbocycles. The molecule has 2 N–H and O–H groups in total. The first-order valence-corrected chi connectivity index (χ1v) is 7.51. The van der Waals surface area contributed by atoms with Crippen LogP contribution in [-0.4, -0.2) is 24.2 Å². The second-order valence-electron chi connectivity index (χ2n) is 5.41. The molecule has 0 fully saturated rings. The van der Waals surface area contributed by atoms with Gasteiger partial charge in [0.05, 0.1) is 5.41 Å². The number of rotatable bonds is 8. The summed E-state index contributed by atoms with van der Waals surface area (Å²) >= 11 is 3.51. The molecule has 0 aliphatic carbocycles. The van der Waals surface area contributed by atoms with Gasteiger partial charge in [0.15, 0.2) is 0 Å². The summed E-state index contributed by atoms with van der Waals surface area (Å²) in [5.41, 5.74) is 0.206. The monoisotopic (exact) mass is 343 g/mol. The number of halogens is 1. The van der Waals surface area contributed by atoms with E-state index < -0.39 is 11.4 Å². The van der Waals surface area contributed by atoms with Crippen molar-refractivity contribution in [2.24, 2.45) is 5.41 Å². The highest BCUT2D eigenvalue weighted by Crippen LogP contribution is 2.24. The fraction of sp³-hybridized carbons (Fsp3) is 0.533. The van der Waals surface area contributed by atoms with Crippen molar-refractivity contribution in [2.75, 3.05) is 13.2 Å². The van der Waals surface area contributed by atoms with Crippen molar-refractivity contribution in [2.45, 2.75) is 33.7 Å². The van der Waals surface area contributed by atoms with Gasteiger partial charge in [-0.25, -0.2) is 0 Å². The first-order valence-electron chi connectivity index (χ1n) is 6.72. The molecule has 0 saturated heterocycles. The van der Waals surface area contributed by atoms with E-state index in [1.54, 1.807) is 13.8 Å². The normalized spacial score (nSPS) is 11.4. The standard InChI is InChI=1S/C15H22BrNO3/c1-4-7-17-9-11-8-12(5-6-13(11)16)20-10-15(2,3)14(18)19/h5-6,8,17H,4,7,9-10H2,1-3H3,(H,18,19). The predicted octanol–water partition coefficient (Wildman–Crippen LogP) is 3.44. The van der Waals surface area contributed by atoms with Gasteiger partial charge >= 0.3 is 5.97 Å². The highest BCUT2D eigenvalue weighted by molar-refractivity contribution is 9.10. The molecule has 20 heavy (non-hydrogen) atoms. The van der Waals surface area contributed by atoms with Crippen LogP contribution in [-0.2, 0) is 11.3 Å². The van der Waals surface area contributed by atoms with Gasteiger partial charge in [-0.3, -0.25) is 4.79 Å². The summed E-state index contributed by atoms with van der Waals surface area (Å²) in [5.74, 6) is -0.171. The Labute approximate surface area is 128 Å². The summed E-state index contributed by atoms with van der Waals surface area (Å²) in [7, 11) is 0. The fourth-order valence-corrected chi connectivity index (χ4v) is 1.89. The Morgan fingerprint density at radius 2 is 2.15 bits per heavy atom. The lowest BCUT2D eigenvalue weighted by Crippen LogP contribution is -2.30. The molecule has 0 atom stereocenters. The summed E-state index contributed by atoms with van der Waals surface area (Å²) in [6.45, 7) is 7.29. The largest absolute Gasteiger partial charge is 0.492 e. The van der Waals surface area contributed by atoms with Gasteiger partial charge in [0.1, 0.15) is 12.4 Å². The van der Waals surface area contributed by atoms with Crippen LogP contribution in [0.25, 0.3) is 0 Å². The zero-order chi connectivity index (χ0) is 15.2. The topological polar surface area (TPSA) is 58.6 Å². The SMILES string of the molecule is CCCNCc1cc(OCC(C)(C)C(=O)O)ccc1Br. The zero-order valence-electron chi connectivity index (χ0n) is 12.2. The molecular weight excluding hydrogens is 322 g/mol. The minimum Gasteiger partial charge on any atom is -0.492 e. The molecule has 0 aromatic heterocycles. The van der Waals surface area contributed by atoms with Crippen LogP contribution in [0.1, 0.15) is 32.8 Å². The van der Waals surface area contributed by atoms with E-state index in [4.69, 9.17) is 9.84 Å². The average molecular weight is 344 g/mol. The van der Waals surface area contributed by atoms with Crippen molar-refractivity contribution in [1.82, 2.24) is 5.32 Å². The molecule has 0 aliphatic rings. The van der Waals surface area contributed by atoms with Crippen molar-refractivity contribution in [3.63, 3.8) is 0 Å². The first-order chi connectivity index (χ1) is 9.36. The number of benzene rings is 1. The number of hydrogen-bond acceptors (Lipinski definition) is 3. The van der Waals surface area contributed by atoms with E-state index in [0.717, 1.165) is 29.5 Å². The highest BCUT2D eigenvalue weighted by atomic mass is 79.9. The third-order valence-electron chi connectivity index (χ3n) is 2.94. The van der Waals surface area contributed by atoms with Gasteiger partial charge in [0.2, 0.25) is 0 Å². The van der Waals surface area contributed by atoms with Crippen LogP contribution in [0.3, 0.4) is 0 Å². The smallest absolute Gasteiger partial charge is 0.312 e. The zero-order valence-corrected chi connectivity index (χ0v) is 13.8. The Morgan fingerprint density at radius 1 is 1.45 bits per heavy atom. The van der Waals surface area contributed by atoms with Gasteiger partial charge in [0, 0.05) is 11.0 Å². The Hall–Kier alpha value is -1.07. The van der Waals surface area contributed by atoms with E-state index in [1.165, 1.54) is 0 Å². The van der Waals surface area contributed by atoms with Gasteiger partial charge in [-0.15, -0.1) is 0 Å². The summed E-state index contributed by atoms with van der Waals surface area (Å²) in [6.07, 6.45) is 1.08. The third-order valence-corrected chi connectivity index (χ3v) is 3.71. The van der Waals surface area contributed by atoms with Crippen molar-refractivity contribution in [3.05, 3.63) is 28.2 Å². The van der Waals surface area contributed by atoms with Crippen molar-refractivity contribution in [1.29, 1.82) is 0 Å². The maximum Gasteiger partial charge on any atom is 0.312 e. The Kier molecular flexibility index (Phi) is 6.49. The highest BCUT2D eigenvalue weighted by Gasteiger charge is 2.28. The molecule has 0 saturated carbocycles. The van der Waals surface area contributed by atoms with E-state index in [2.05, 4.69) is 28.2 Å².